The number of nitrogens with one attached hydrogen (secondary N) is 1. The van der Waals surface area contributed by atoms with Crippen LogP contribution in [0.25, 0.3) is 11.2 Å². The van der Waals surface area contributed by atoms with Crippen LogP contribution in [0, 0.1) is 17.6 Å². The predicted molar refractivity (Wildman–Crippen MR) is 137 cm³/mol. The number of nitrogens with zero attached hydrogens (tertiary/aromatic N) is 5. The number of nitrogens with two attached hydrogens (primary N) is 1. The van der Waals surface area contributed by atoms with Crippen LogP contribution in [0.15, 0.2) is 18.3 Å². The lowest BCUT2D eigenvalue weighted by Crippen LogP contribution is -2.44. The summed E-state index contributed by atoms with van der Waals surface area (Å²) in [5.41, 5.74) is 6.45. The molecule has 0 bridgehead atoms. The molecular formula is C25H30ClF2N7O2. The summed E-state index contributed by atoms with van der Waals surface area (Å²) in [5, 5.41) is 13.4. The molecule has 2 aromatic heterocycles. The number of carbonyl (C=O) groups is 1. The molecule has 2 aliphatic carbocycles. The summed E-state index contributed by atoms with van der Waals surface area (Å²) in [6.45, 7) is 0. The van der Waals surface area contributed by atoms with Crippen LogP contribution in [0.1, 0.15) is 57.4 Å². The Bertz CT molecular complexity index is 1290. The normalized spacial score (nSPS) is 24.2. The SMILES string of the molecule is CN(c1ncc2nc(Nc3c(F)cc(F)cc3Cl)n([C@H]3CC[C@H](C(N)=O)CC3)c2n1)[C@H]1CCCC[C@H]1O. The molecule has 9 nitrogen and oxygen atoms in total. The molecule has 12 heteroatoms. The van der Waals surface area contributed by atoms with Gasteiger partial charge in [0.2, 0.25) is 17.8 Å². The summed E-state index contributed by atoms with van der Waals surface area (Å²) in [7, 11) is 1.87. The highest BCUT2D eigenvalue weighted by Gasteiger charge is 2.31. The Hall–Kier alpha value is -3.05. The van der Waals surface area contributed by atoms with Crippen LogP contribution in [0.2, 0.25) is 5.02 Å². The Kier molecular flexibility index (Phi) is 7.17. The average Bonchev–Trinajstić information content (AvgIpc) is 3.23. The Morgan fingerprint density at radius 2 is 1.89 bits per heavy atom. The molecular weight excluding hydrogens is 504 g/mol. The van der Waals surface area contributed by atoms with Crippen molar-refractivity contribution in [3.63, 3.8) is 0 Å². The van der Waals surface area contributed by atoms with Crippen LogP contribution in [-0.4, -0.2) is 49.7 Å². The van der Waals surface area contributed by atoms with E-state index in [4.69, 9.17) is 22.3 Å². The molecule has 2 aliphatic rings. The average molecular weight is 534 g/mol. The lowest BCUT2D eigenvalue weighted by molar-refractivity contribution is -0.122. The van der Waals surface area contributed by atoms with E-state index < -0.39 is 17.7 Å². The number of aliphatic hydroxyl groups excluding tert-OH is 1. The molecule has 0 radical (unpaired) electrons. The van der Waals surface area contributed by atoms with Crippen LogP contribution in [-0.2, 0) is 4.79 Å². The van der Waals surface area contributed by atoms with E-state index in [0.29, 0.717) is 42.8 Å². The Morgan fingerprint density at radius 3 is 2.57 bits per heavy atom. The molecule has 2 atom stereocenters. The molecule has 0 unspecified atom stereocenters. The number of primary amides is 1. The van der Waals surface area contributed by atoms with Gasteiger partial charge < -0.3 is 21.1 Å². The minimum Gasteiger partial charge on any atom is -0.391 e. The molecule has 3 aromatic rings. The van der Waals surface area contributed by atoms with Gasteiger partial charge in [0.1, 0.15) is 11.3 Å². The van der Waals surface area contributed by atoms with Gasteiger partial charge in [0.05, 0.1) is 29.1 Å². The van der Waals surface area contributed by atoms with Gasteiger partial charge in [-0.25, -0.2) is 18.7 Å². The predicted octanol–water partition coefficient (Wildman–Crippen LogP) is 4.46. The van der Waals surface area contributed by atoms with Crippen molar-refractivity contribution in [1.29, 1.82) is 0 Å². The first-order valence-corrected chi connectivity index (χ1v) is 13.0. The first-order chi connectivity index (χ1) is 17.7. The maximum atomic E-state index is 14.6. The van der Waals surface area contributed by atoms with E-state index in [-0.39, 0.29) is 40.6 Å². The summed E-state index contributed by atoms with van der Waals surface area (Å²) < 4.78 is 30.2. The maximum absolute atomic E-state index is 14.6. The van der Waals surface area contributed by atoms with Gasteiger partial charge in [-0.2, -0.15) is 4.98 Å². The molecule has 1 amide bonds. The van der Waals surface area contributed by atoms with E-state index in [2.05, 4.69) is 15.3 Å². The standard InChI is InChI=1S/C25H30ClF2N7O2/c1-34(19-4-2-3-5-20(19)36)24-30-12-18-23(33-24)35(15-8-6-13(7-9-15)22(29)37)25(31-18)32-21-16(26)10-14(27)11-17(21)28/h10-13,15,19-20,36H,2-9H2,1H3,(H2,29,37)(H,31,32)/t13-,15-,19-,20+/m0/s1. The fourth-order valence-corrected chi connectivity index (χ4v) is 5.81. The number of fused-ring (bicyclic) bond motifs is 1. The first kappa shape index (κ1) is 25.6. The van der Waals surface area contributed by atoms with Crippen molar-refractivity contribution in [3.05, 3.63) is 35.0 Å². The highest BCUT2D eigenvalue weighted by molar-refractivity contribution is 6.33. The lowest BCUT2D eigenvalue weighted by atomic mass is 9.85. The van der Waals surface area contributed by atoms with E-state index in [0.717, 1.165) is 37.8 Å². The summed E-state index contributed by atoms with van der Waals surface area (Å²) in [6.07, 6.45) is 7.22. The molecule has 2 heterocycles. The van der Waals surface area contributed by atoms with Crippen LogP contribution in [0.4, 0.5) is 26.4 Å². The Balaban J connectivity index is 1.56. The third kappa shape index (κ3) is 5.06. The van der Waals surface area contributed by atoms with E-state index in [1.807, 2.05) is 16.5 Å². The van der Waals surface area contributed by atoms with Crippen molar-refractivity contribution in [2.45, 2.75) is 69.6 Å². The van der Waals surface area contributed by atoms with Crippen LogP contribution >= 0.6 is 11.6 Å². The van der Waals surface area contributed by atoms with E-state index in [1.165, 1.54) is 0 Å². The maximum Gasteiger partial charge on any atom is 0.227 e. The van der Waals surface area contributed by atoms with Gasteiger partial charge in [-0.15, -0.1) is 0 Å². The molecule has 0 aliphatic heterocycles. The van der Waals surface area contributed by atoms with Gasteiger partial charge in [-0.3, -0.25) is 9.36 Å². The first-order valence-electron chi connectivity index (χ1n) is 12.6. The van der Waals surface area contributed by atoms with E-state index in [9.17, 15) is 18.7 Å². The molecule has 37 heavy (non-hydrogen) atoms. The summed E-state index contributed by atoms with van der Waals surface area (Å²) >= 11 is 6.15. The molecule has 198 valence electrons. The third-order valence-corrected chi connectivity index (χ3v) is 7.93. The van der Waals surface area contributed by atoms with Gasteiger partial charge in [-0.05, 0) is 44.6 Å². The molecule has 0 saturated heterocycles. The number of imidazole rings is 1. The van der Waals surface area contributed by atoms with Crippen molar-refractivity contribution >= 4 is 46.3 Å². The third-order valence-electron chi connectivity index (χ3n) is 7.63. The number of halogens is 3. The molecule has 0 spiro atoms. The Labute approximate surface area is 218 Å². The summed E-state index contributed by atoms with van der Waals surface area (Å²) in [6, 6.07) is 1.58. The summed E-state index contributed by atoms with van der Waals surface area (Å²) in [4.78, 5) is 27.6. The fraction of sp³-hybridized carbons (Fsp3) is 0.520. The number of anilines is 3. The number of aromatic nitrogens is 4. The lowest BCUT2D eigenvalue weighted by Gasteiger charge is -2.35. The van der Waals surface area contributed by atoms with E-state index in [1.54, 1.807) is 6.20 Å². The zero-order valence-electron chi connectivity index (χ0n) is 20.5. The molecule has 1 aromatic carbocycles. The second-order valence-corrected chi connectivity index (χ2v) is 10.4. The second kappa shape index (κ2) is 10.4. The number of rotatable bonds is 6. The van der Waals surface area contributed by atoms with Gasteiger partial charge in [0, 0.05) is 25.1 Å². The quantitative estimate of drug-likeness (QED) is 0.427. The number of benzene rings is 1. The summed E-state index contributed by atoms with van der Waals surface area (Å²) in [5.74, 6) is -1.41. The zero-order chi connectivity index (χ0) is 26.3. The molecule has 5 rings (SSSR count). The van der Waals surface area contributed by atoms with Gasteiger partial charge in [0.25, 0.3) is 0 Å². The van der Waals surface area contributed by atoms with Gasteiger partial charge in [-0.1, -0.05) is 24.4 Å². The van der Waals surface area contributed by atoms with Crippen LogP contribution < -0.4 is 16.0 Å². The highest BCUT2D eigenvalue weighted by Crippen LogP contribution is 2.38. The Morgan fingerprint density at radius 1 is 1.16 bits per heavy atom. The van der Waals surface area contributed by atoms with Crippen molar-refractivity contribution < 1.29 is 18.7 Å². The van der Waals surface area contributed by atoms with Gasteiger partial charge in [0.15, 0.2) is 11.5 Å². The number of aliphatic hydroxyl groups is 1. The number of likely N-dealkylation sites (N-methyl/N-ethyl adjacent to an activating group) is 1. The largest absolute Gasteiger partial charge is 0.391 e. The van der Waals surface area contributed by atoms with E-state index >= 15 is 0 Å². The number of amides is 1. The van der Waals surface area contributed by atoms with Crippen molar-refractivity contribution in [1.82, 2.24) is 19.5 Å². The van der Waals surface area contributed by atoms with Crippen molar-refractivity contribution in [2.24, 2.45) is 11.7 Å². The van der Waals surface area contributed by atoms with Crippen molar-refractivity contribution in [3.8, 4) is 0 Å². The van der Waals surface area contributed by atoms with Crippen LogP contribution in [0.3, 0.4) is 0 Å². The number of hydrogen-bond acceptors (Lipinski definition) is 7. The highest BCUT2D eigenvalue weighted by atomic mass is 35.5. The number of hydrogen-bond donors (Lipinski definition) is 3. The molecule has 4 N–H and O–H groups in total. The van der Waals surface area contributed by atoms with Crippen molar-refractivity contribution in [2.75, 3.05) is 17.3 Å². The smallest absolute Gasteiger partial charge is 0.227 e. The molecule has 2 fully saturated rings. The monoisotopic (exact) mass is 533 g/mol. The minimum atomic E-state index is -0.848. The minimum absolute atomic E-state index is 0.0962. The zero-order valence-corrected chi connectivity index (χ0v) is 21.3. The fourth-order valence-electron chi connectivity index (χ4n) is 5.57. The topological polar surface area (TPSA) is 122 Å². The second-order valence-electron chi connectivity index (χ2n) is 9.99. The van der Waals surface area contributed by atoms with Gasteiger partial charge >= 0.3 is 0 Å². The van der Waals surface area contributed by atoms with Crippen LogP contribution in [0.5, 0.6) is 0 Å². The number of carbonyl (C=O) groups excluding carboxylic acids is 1. The molecule has 2 saturated carbocycles.